The van der Waals surface area contributed by atoms with Crippen LogP contribution in [-0.2, 0) is 17.8 Å². The Balaban J connectivity index is 1.44. The quantitative estimate of drug-likeness (QED) is 0.370. The van der Waals surface area contributed by atoms with E-state index in [9.17, 15) is 14.9 Å². The van der Waals surface area contributed by atoms with E-state index >= 15 is 0 Å². The normalized spacial score (nSPS) is 16.1. The summed E-state index contributed by atoms with van der Waals surface area (Å²) in [7, 11) is 3.25. The molecule has 0 bridgehead atoms. The van der Waals surface area contributed by atoms with Crippen molar-refractivity contribution in [3.63, 3.8) is 0 Å². The van der Waals surface area contributed by atoms with Crippen LogP contribution in [0.5, 0.6) is 11.5 Å². The number of hydrogen-bond acceptors (Lipinski definition) is 5. The van der Waals surface area contributed by atoms with Gasteiger partial charge in [-0.3, -0.25) is 14.9 Å². The Morgan fingerprint density at radius 3 is 2.67 bits per heavy atom. The summed E-state index contributed by atoms with van der Waals surface area (Å²) in [6, 6.07) is 12.7. The lowest BCUT2D eigenvalue weighted by atomic mass is 9.95. The molecule has 8 nitrogen and oxygen atoms in total. The van der Waals surface area contributed by atoms with E-state index in [-0.39, 0.29) is 24.2 Å². The number of piperidine rings is 1. The number of likely N-dealkylation sites (tertiary alicyclic amines) is 1. The molecule has 0 radical (unpaired) electrons. The maximum Gasteiger partial charge on any atom is 0.270 e. The van der Waals surface area contributed by atoms with E-state index in [0.717, 1.165) is 55.1 Å². The van der Waals surface area contributed by atoms with Gasteiger partial charge in [-0.05, 0) is 61.9 Å². The van der Waals surface area contributed by atoms with E-state index in [1.165, 1.54) is 6.07 Å². The van der Waals surface area contributed by atoms with Crippen LogP contribution in [-0.4, -0.2) is 47.1 Å². The number of benzene rings is 2. The molecule has 33 heavy (non-hydrogen) atoms. The summed E-state index contributed by atoms with van der Waals surface area (Å²) < 4.78 is 12.6. The van der Waals surface area contributed by atoms with Gasteiger partial charge < -0.3 is 18.9 Å². The maximum absolute atomic E-state index is 13.3. The van der Waals surface area contributed by atoms with Crippen LogP contribution >= 0.6 is 0 Å². The minimum absolute atomic E-state index is 0.0535. The molecule has 174 valence electrons. The summed E-state index contributed by atoms with van der Waals surface area (Å²) >= 11 is 0. The first-order valence-electron chi connectivity index (χ1n) is 11.2. The van der Waals surface area contributed by atoms with Crippen molar-refractivity contribution in [2.75, 3.05) is 20.8 Å². The molecule has 0 saturated carbocycles. The summed E-state index contributed by atoms with van der Waals surface area (Å²) in [5.74, 6) is 1.51. The average Bonchev–Trinajstić information content (AvgIpc) is 3.24. The van der Waals surface area contributed by atoms with Gasteiger partial charge >= 0.3 is 0 Å². The Labute approximate surface area is 192 Å². The Kier molecular flexibility index (Phi) is 6.82. The van der Waals surface area contributed by atoms with E-state index < -0.39 is 4.92 Å². The molecule has 2 aromatic carbocycles. The van der Waals surface area contributed by atoms with Crippen molar-refractivity contribution in [3.8, 4) is 11.5 Å². The number of fused-ring (bicyclic) bond motifs is 1. The molecule has 8 heteroatoms. The third-order valence-corrected chi connectivity index (χ3v) is 6.43. The van der Waals surface area contributed by atoms with Gasteiger partial charge in [0.2, 0.25) is 5.91 Å². The number of nitrogens with zero attached hydrogens (tertiary/aromatic N) is 3. The fraction of sp³-hybridized carbons (Fsp3) is 0.400. The summed E-state index contributed by atoms with van der Waals surface area (Å²) in [4.78, 5) is 25.9. The van der Waals surface area contributed by atoms with Crippen molar-refractivity contribution < 1.29 is 19.2 Å². The van der Waals surface area contributed by atoms with Gasteiger partial charge in [0.05, 0.1) is 19.1 Å². The number of hydrogen-bond donors (Lipinski definition) is 0. The lowest BCUT2D eigenvalue weighted by Gasteiger charge is -2.36. The van der Waals surface area contributed by atoms with E-state index in [0.29, 0.717) is 11.5 Å². The molecule has 1 aliphatic heterocycles. The molecule has 0 aliphatic carbocycles. The van der Waals surface area contributed by atoms with Crippen molar-refractivity contribution in [2.45, 2.75) is 44.7 Å². The molecule has 1 amide bonds. The van der Waals surface area contributed by atoms with Gasteiger partial charge in [-0.2, -0.15) is 0 Å². The van der Waals surface area contributed by atoms with Gasteiger partial charge in [-0.15, -0.1) is 0 Å². The number of aromatic nitrogens is 1. The summed E-state index contributed by atoms with van der Waals surface area (Å²) in [5, 5.41) is 11.8. The number of non-ortho nitro benzene ring substituents is 1. The Bertz CT molecular complexity index is 1160. The van der Waals surface area contributed by atoms with E-state index in [2.05, 4.69) is 0 Å². The maximum atomic E-state index is 13.3. The van der Waals surface area contributed by atoms with E-state index in [4.69, 9.17) is 9.47 Å². The topological polar surface area (TPSA) is 86.8 Å². The number of nitro groups is 1. The number of carbonyl (C=O) groups is 1. The number of ether oxygens (including phenoxy) is 2. The SMILES string of the molecule is COc1ccc(CCC2CCCCN2C(=O)Cn2ccc3cc([N+](=O)[O-])ccc32)cc1OC. The zero-order valence-electron chi connectivity index (χ0n) is 19.0. The van der Waals surface area contributed by atoms with Crippen LogP contribution in [0.25, 0.3) is 10.9 Å². The molecule has 1 aromatic heterocycles. The summed E-state index contributed by atoms with van der Waals surface area (Å²) in [6.45, 7) is 0.994. The van der Waals surface area contributed by atoms with Gasteiger partial charge in [-0.25, -0.2) is 0 Å². The predicted octanol–water partition coefficient (Wildman–Crippen LogP) is 4.58. The molecule has 1 aliphatic rings. The van der Waals surface area contributed by atoms with Crippen LogP contribution in [0.4, 0.5) is 5.69 Å². The number of amides is 1. The van der Waals surface area contributed by atoms with Gasteiger partial charge in [0.25, 0.3) is 5.69 Å². The van der Waals surface area contributed by atoms with Gasteiger partial charge in [0, 0.05) is 41.8 Å². The highest BCUT2D eigenvalue weighted by molar-refractivity contribution is 5.85. The zero-order valence-corrected chi connectivity index (χ0v) is 19.0. The van der Waals surface area contributed by atoms with Crippen LogP contribution < -0.4 is 9.47 Å². The lowest BCUT2D eigenvalue weighted by Crippen LogP contribution is -2.45. The van der Waals surface area contributed by atoms with Crippen molar-refractivity contribution in [1.82, 2.24) is 9.47 Å². The highest BCUT2D eigenvalue weighted by Crippen LogP contribution is 2.29. The van der Waals surface area contributed by atoms with Crippen LogP contribution in [0.15, 0.2) is 48.7 Å². The Morgan fingerprint density at radius 1 is 1.09 bits per heavy atom. The Hall–Kier alpha value is -3.55. The molecule has 4 rings (SSSR count). The molecule has 0 spiro atoms. The van der Waals surface area contributed by atoms with Crippen LogP contribution in [0.3, 0.4) is 0 Å². The van der Waals surface area contributed by atoms with Crippen molar-refractivity contribution in [1.29, 1.82) is 0 Å². The molecular formula is C25H29N3O5. The Morgan fingerprint density at radius 2 is 1.91 bits per heavy atom. The standard InChI is InChI=1S/C25H29N3O5/c1-32-23-11-7-18(15-24(23)33-2)6-8-20-5-3-4-13-27(20)25(29)17-26-14-12-19-16-21(28(30)31)9-10-22(19)26/h7,9-12,14-16,20H,3-6,8,13,17H2,1-2H3. The highest BCUT2D eigenvalue weighted by Gasteiger charge is 2.27. The smallest absolute Gasteiger partial charge is 0.270 e. The van der Waals surface area contributed by atoms with Gasteiger partial charge in [0.1, 0.15) is 6.54 Å². The van der Waals surface area contributed by atoms with Crippen LogP contribution in [0.2, 0.25) is 0 Å². The number of methoxy groups -OCH3 is 2. The number of nitro benzene ring substituents is 1. The van der Waals surface area contributed by atoms with Crippen LogP contribution in [0, 0.1) is 10.1 Å². The zero-order chi connectivity index (χ0) is 23.4. The molecule has 1 atom stereocenters. The number of rotatable bonds is 8. The monoisotopic (exact) mass is 451 g/mol. The number of carbonyl (C=O) groups excluding carboxylic acids is 1. The van der Waals surface area contributed by atoms with E-state index in [1.807, 2.05) is 39.9 Å². The summed E-state index contributed by atoms with van der Waals surface area (Å²) in [5.41, 5.74) is 2.04. The first kappa shape index (κ1) is 22.6. The van der Waals surface area contributed by atoms with Crippen molar-refractivity contribution in [3.05, 3.63) is 64.3 Å². The predicted molar refractivity (Wildman–Crippen MR) is 126 cm³/mol. The average molecular weight is 452 g/mol. The minimum atomic E-state index is -0.404. The van der Waals surface area contributed by atoms with E-state index in [1.54, 1.807) is 26.4 Å². The molecular weight excluding hydrogens is 422 g/mol. The fourth-order valence-electron chi connectivity index (χ4n) is 4.67. The van der Waals surface area contributed by atoms with Crippen molar-refractivity contribution >= 4 is 22.5 Å². The fourth-order valence-corrected chi connectivity index (χ4v) is 4.67. The molecule has 3 aromatic rings. The minimum Gasteiger partial charge on any atom is -0.493 e. The van der Waals surface area contributed by atoms with Crippen molar-refractivity contribution in [2.24, 2.45) is 0 Å². The third kappa shape index (κ3) is 4.94. The van der Waals surface area contributed by atoms with Gasteiger partial charge in [0.15, 0.2) is 11.5 Å². The molecule has 1 saturated heterocycles. The number of aryl methyl sites for hydroxylation is 1. The second-order valence-electron chi connectivity index (χ2n) is 8.41. The third-order valence-electron chi connectivity index (χ3n) is 6.43. The largest absolute Gasteiger partial charge is 0.493 e. The second-order valence-corrected chi connectivity index (χ2v) is 8.41. The molecule has 1 fully saturated rings. The summed E-state index contributed by atoms with van der Waals surface area (Å²) in [6.07, 6.45) is 6.70. The van der Waals surface area contributed by atoms with Crippen LogP contribution in [0.1, 0.15) is 31.2 Å². The molecule has 1 unspecified atom stereocenters. The second kappa shape index (κ2) is 9.94. The highest BCUT2D eigenvalue weighted by atomic mass is 16.6. The lowest BCUT2D eigenvalue weighted by molar-refractivity contribution is -0.384. The van der Waals surface area contributed by atoms with Gasteiger partial charge in [-0.1, -0.05) is 6.07 Å². The molecule has 2 heterocycles. The molecule has 0 N–H and O–H groups in total. The first-order chi connectivity index (χ1) is 16.0. The first-order valence-corrected chi connectivity index (χ1v) is 11.2.